The summed E-state index contributed by atoms with van der Waals surface area (Å²) in [6.07, 6.45) is 1.39. The van der Waals surface area contributed by atoms with Gasteiger partial charge in [0.25, 0.3) is 9.70 Å². The Hall–Kier alpha value is -0.820. The van der Waals surface area contributed by atoms with Crippen LogP contribution in [0.5, 0.6) is 0 Å². The fourth-order valence-corrected chi connectivity index (χ4v) is 1.39. The van der Waals surface area contributed by atoms with E-state index >= 15 is 0 Å². The molecule has 0 atom stereocenters. The standard InChI is InChI=1S/C7H3Cl4N5O/c8-3-2-4(13-1-12-2)15-6(14-3)16-5(17)7(9,10)11/h1H,(H2,12,13,14,15,16,17). The molecule has 0 saturated heterocycles. The molecule has 0 unspecified atom stereocenters. The number of imidazole rings is 1. The normalized spacial score (nSPS) is 11.8. The highest BCUT2D eigenvalue weighted by atomic mass is 35.6. The summed E-state index contributed by atoms with van der Waals surface area (Å²) in [6, 6.07) is 0. The Balaban J connectivity index is 2.34. The van der Waals surface area contributed by atoms with Crippen LogP contribution in [0.3, 0.4) is 0 Å². The quantitative estimate of drug-likeness (QED) is 0.625. The minimum absolute atomic E-state index is 0.0795. The number of carbonyl (C=O) groups is 1. The number of carbonyl (C=O) groups excluding carboxylic acids is 1. The lowest BCUT2D eigenvalue weighted by Gasteiger charge is -2.09. The summed E-state index contributed by atoms with van der Waals surface area (Å²) in [4.78, 5) is 25.7. The first-order chi connectivity index (χ1) is 7.88. The molecule has 2 aromatic heterocycles. The first-order valence-electron chi connectivity index (χ1n) is 4.12. The zero-order chi connectivity index (χ0) is 12.6. The van der Waals surface area contributed by atoms with E-state index in [1.54, 1.807) is 0 Å². The van der Waals surface area contributed by atoms with E-state index in [0.29, 0.717) is 11.2 Å². The Morgan fingerprint density at radius 2 is 2.06 bits per heavy atom. The predicted molar refractivity (Wildman–Crippen MR) is 65.6 cm³/mol. The van der Waals surface area contributed by atoms with Gasteiger partial charge in [0.15, 0.2) is 10.8 Å². The maximum Gasteiger partial charge on any atom is 0.278 e. The van der Waals surface area contributed by atoms with Gasteiger partial charge in [-0.1, -0.05) is 46.4 Å². The van der Waals surface area contributed by atoms with Crippen LogP contribution in [-0.4, -0.2) is 29.6 Å². The molecule has 2 aromatic rings. The third-order valence-electron chi connectivity index (χ3n) is 1.72. The van der Waals surface area contributed by atoms with Gasteiger partial charge in [0.2, 0.25) is 5.95 Å². The van der Waals surface area contributed by atoms with Crippen LogP contribution in [0.25, 0.3) is 11.2 Å². The zero-order valence-electron chi connectivity index (χ0n) is 7.84. The first kappa shape index (κ1) is 12.6. The van der Waals surface area contributed by atoms with Gasteiger partial charge in [-0.25, -0.2) is 4.98 Å². The van der Waals surface area contributed by atoms with Crippen LogP contribution in [0.2, 0.25) is 5.15 Å². The number of rotatable bonds is 1. The minimum Gasteiger partial charge on any atom is -0.329 e. The monoisotopic (exact) mass is 313 g/mol. The molecule has 0 saturated carbocycles. The summed E-state index contributed by atoms with van der Waals surface area (Å²) in [5, 5.41) is 2.29. The molecule has 0 fully saturated rings. The fraction of sp³-hybridized carbons (Fsp3) is 0.143. The van der Waals surface area contributed by atoms with Crippen molar-refractivity contribution in [2.45, 2.75) is 3.79 Å². The number of aromatic nitrogens is 4. The Morgan fingerprint density at radius 1 is 1.35 bits per heavy atom. The van der Waals surface area contributed by atoms with Crippen molar-refractivity contribution >= 4 is 69.4 Å². The minimum atomic E-state index is -2.10. The molecule has 90 valence electrons. The van der Waals surface area contributed by atoms with Gasteiger partial charge in [-0.3, -0.25) is 10.1 Å². The van der Waals surface area contributed by atoms with E-state index in [-0.39, 0.29) is 11.1 Å². The highest BCUT2D eigenvalue weighted by Crippen LogP contribution is 2.27. The molecule has 0 bridgehead atoms. The third-order valence-corrected chi connectivity index (χ3v) is 2.50. The lowest BCUT2D eigenvalue weighted by molar-refractivity contribution is -0.115. The van der Waals surface area contributed by atoms with Gasteiger partial charge in [0.05, 0.1) is 6.33 Å². The van der Waals surface area contributed by atoms with Crippen LogP contribution in [0, 0.1) is 0 Å². The molecule has 0 aromatic carbocycles. The molecule has 0 radical (unpaired) electrons. The topological polar surface area (TPSA) is 83.6 Å². The van der Waals surface area contributed by atoms with Gasteiger partial charge in [-0.05, 0) is 0 Å². The van der Waals surface area contributed by atoms with Crippen molar-refractivity contribution in [3.63, 3.8) is 0 Å². The SMILES string of the molecule is O=C(Nc1nc(Cl)c2nc[nH]c2n1)C(Cl)(Cl)Cl. The van der Waals surface area contributed by atoms with E-state index in [0.717, 1.165) is 0 Å². The van der Waals surface area contributed by atoms with Crippen LogP contribution in [0.4, 0.5) is 5.95 Å². The summed E-state index contributed by atoms with van der Waals surface area (Å²) >= 11 is 22.0. The average molecular weight is 315 g/mol. The van der Waals surface area contributed by atoms with Crippen molar-refractivity contribution in [1.29, 1.82) is 0 Å². The highest BCUT2D eigenvalue weighted by Gasteiger charge is 2.31. The average Bonchev–Trinajstić information content (AvgIpc) is 2.64. The summed E-state index contributed by atoms with van der Waals surface area (Å²) in [6.45, 7) is 0. The number of aromatic amines is 1. The summed E-state index contributed by atoms with van der Waals surface area (Å²) in [5.74, 6) is -0.958. The lowest BCUT2D eigenvalue weighted by atomic mass is 10.5. The largest absolute Gasteiger partial charge is 0.329 e. The molecule has 2 N–H and O–H groups in total. The fourth-order valence-electron chi connectivity index (χ4n) is 1.03. The van der Waals surface area contributed by atoms with Crippen LogP contribution >= 0.6 is 46.4 Å². The van der Waals surface area contributed by atoms with Crippen molar-refractivity contribution in [2.24, 2.45) is 0 Å². The number of nitrogens with one attached hydrogen (secondary N) is 2. The van der Waals surface area contributed by atoms with Crippen LogP contribution < -0.4 is 5.32 Å². The van der Waals surface area contributed by atoms with Gasteiger partial charge in [-0.15, -0.1) is 0 Å². The summed E-state index contributed by atoms with van der Waals surface area (Å²) in [5.41, 5.74) is 0.753. The molecular formula is C7H3Cl4N5O. The second-order valence-electron chi connectivity index (χ2n) is 2.89. The molecule has 10 heteroatoms. The number of anilines is 1. The van der Waals surface area contributed by atoms with E-state index in [2.05, 4.69) is 25.3 Å². The number of halogens is 4. The Kier molecular flexibility index (Phi) is 3.31. The van der Waals surface area contributed by atoms with Gasteiger partial charge >= 0.3 is 0 Å². The maximum absolute atomic E-state index is 11.4. The lowest BCUT2D eigenvalue weighted by Crippen LogP contribution is -2.27. The zero-order valence-corrected chi connectivity index (χ0v) is 10.9. The van der Waals surface area contributed by atoms with Gasteiger partial charge in [0.1, 0.15) is 5.52 Å². The number of amides is 1. The number of H-pyrrole nitrogens is 1. The highest BCUT2D eigenvalue weighted by molar-refractivity contribution is 6.76. The summed E-state index contributed by atoms with van der Waals surface area (Å²) < 4.78 is -2.10. The molecular weight excluding hydrogens is 312 g/mol. The van der Waals surface area contributed by atoms with Crippen molar-refractivity contribution in [3.8, 4) is 0 Å². The molecule has 17 heavy (non-hydrogen) atoms. The number of hydrogen-bond acceptors (Lipinski definition) is 4. The number of fused-ring (bicyclic) bond motifs is 1. The van der Waals surface area contributed by atoms with E-state index < -0.39 is 9.70 Å². The van der Waals surface area contributed by atoms with Crippen LogP contribution in [0.1, 0.15) is 0 Å². The van der Waals surface area contributed by atoms with Gasteiger partial charge < -0.3 is 4.98 Å². The molecule has 1 amide bonds. The second kappa shape index (κ2) is 4.45. The van der Waals surface area contributed by atoms with E-state index in [4.69, 9.17) is 46.4 Å². The van der Waals surface area contributed by atoms with Crippen LogP contribution in [-0.2, 0) is 4.79 Å². The van der Waals surface area contributed by atoms with Crippen molar-refractivity contribution in [1.82, 2.24) is 19.9 Å². The molecule has 0 spiro atoms. The Labute approximate surface area is 115 Å². The number of alkyl halides is 3. The molecule has 0 aliphatic heterocycles. The molecule has 0 aliphatic carbocycles. The Morgan fingerprint density at radius 3 is 2.71 bits per heavy atom. The smallest absolute Gasteiger partial charge is 0.278 e. The van der Waals surface area contributed by atoms with Gasteiger partial charge in [0, 0.05) is 0 Å². The maximum atomic E-state index is 11.4. The molecule has 0 aliphatic rings. The first-order valence-corrected chi connectivity index (χ1v) is 5.64. The molecule has 6 nitrogen and oxygen atoms in total. The molecule has 2 rings (SSSR count). The van der Waals surface area contributed by atoms with Crippen molar-refractivity contribution in [2.75, 3.05) is 5.32 Å². The number of hydrogen-bond donors (Lipinski definition) is 2. The number of nitrogens with zero attached hydrogens (tertiary/aromatic N) is 3. The second-order valence-corrected chi connectivity index (χ2v) is 5.53. The summed E-state index contributed by atoms with van der Waals surface area (Å²) in [7, 11) is 0. The van der Waals surface area contributed by atoms with Crippen LogP contribution in [0.15, 0.2) is 6.33 Å². The predicted octanol–water partition coefficient (Wildman–Crippen LogP) is 2.31. The third kappa shape index (κ3) is 2.71. The molecule has 2 heterocycles. The van der Waals surface area contributed by atoms with Crippen molar-refractivity contribution < 1.29 is 4.79 Å². The Bertz CT molecular complexity index is 577. The van der Waals surface area contributed by atoms with E-state index in [1.165, 1.54) is 6.33 Å². The van der Waals surface area contributed by atoms with Crippen molar-refractivity contribution in [3.05, 3.63) is 11.5 Å². The van der Waals surface area contributed by atoms with E-state index in [9.17, 15) is 4.79 Å². The van der Waals surface area contributed by atoms with Gasteiger partial charge in [-0.2, -0.15) is 9.97 Å². The van der Waals surface area contributed by atoms with E-state index in [1.807, 2.05) is 0 Å².